The van der Waals surface area contributed by atoms with Crippen LogP contribution in [0.3, 0.4) is 0 Å². The average Bonchev–Trinajstić information content (AvgIpc) is 2.88. The van der Waals surface area contributed by atoms with Crippen LogP contribution in [0.1, 0.15) is 28.7 Å². The van der Waals surface area contributed by atoms with Crippen LogP contribution in [0.4, 0.5) is 0 Å². The molecule has 0 amide bonds. The van der Waals surface area contributed by atoms with Crippen LogP contribution in [-0.2, 0) is 0 Å². The second-order valence-corrected chi connectivity index (χ2v) is 7.60. The average molecular weight is 411 g/mol. The van der Waals surface area contributed by atoms with Crippen molar-refractivity contribution >= 4 is 5.71 Å². The Hall–Kier alpha value is -4.71. The van der Waals surface area contributed by atoms with Crippen molar-refractivity contribution in [3.8, 4) is 24.3 Å². The zero-order valence-corrected chi connectivity index (χ0v) is 17.1. The Bertz CT molecular complexity index is 1290. The maximum absolute atomic E-state index is 10.5. The lowest BCUT2D eigenvalue weighted by atomic mass is 9.51. The Morgan fingerprint density at radius 1 is 0.562 bits per heavy atom. The number of rotatable bonds is 3. The van der Waals surface area contributed by atoms with Gasteiger partial charge in [-0.1, -0.05) is 91.0 Å². The zero-order chi connectivity index (χ0) is 22.6. The molecule has 0 N–H and O–H groups in total. The summed E-state index contributed by atoms with van der Waals surface area (Å²) in [7, 11) is 0. The third-order valence-corrected chi connectivity index (χ3v) is 6.03. The van der Waals surface area contributed by atoms with Crippen molar-refractivity contribution < 1.29 is 0 Å². The molecule has 0 bridgehead atoms. The molecule has 5 heteroatoms. The largest absolute Gasteiger partial charge is 0.277 e. The summed E-state index contributed by atoms with van der Waals surface area (Å²) >= 11 is 0. The van der Waals surface area contributed by atoms with Crippen LogP contribution in [0.5, 0.6) is 0 Å². The monoisotopic (exact) mass is 411 g/mol. The van der Waals surface area contributed by atoms with Gasteiger partial charge in [0.05, 0.1) is 35.9 Å². The molecule has 1 aliphatic rings. The molecule has 5 nitrogen and oxygen atoms in total. The maximum atomic E-state index is 10.5. The van der Waals surface area contributed by atoms with Crippen LogP contribution < -0.4 is 0 Å². The standard InChI is InChI=1S/C27H17N5/c28-16-26(17-29)23(20-10-4-1-5-11-20)24(21-12-6-2-7-13-21)32-25(27(26,18-30)19-31)22-14-8-3-9-15-22/h1-15,23,25H/t23-,25-/m1/s1. The van der Waals surface area contributed by atoms with Crippen molar-refractivity contribution in [1.29, 1.82) is 21.0 Å². The Labute approximate surface area is 186 Å². The number of benzene rings is 3. The second-order valence-electron chi connectivity index (χ2n) is 7.60. The fourth-order valence-electron chi connectivity index (χ4n) is 4.48. The Kier molecular flexibility index (Phi) is 5.27. The van der Waals surface area contributed by atoms with Gasteiger partial charge < -0.3 is 0 Å². The van der Waals surface area contributed by atoms with E-state index < -0.39 is 22.8 Å². The molecule has 0 radical (unpaired) electrons. The Morgan fingerprint density at radius 2 is 1.00 bits per heavy atom. The molecule has 3 aromatic carbocycles. The van der Waals surface area contributed by atoms with Crippen LogP contribution >= 0.6 is 0 Å². The number of hydrogen-bond donors (Lipinski definition) is 0. The molecule has 0 fully saturated rings. The Morgan fingerprint density at radius 3 is 1.47 bits per heavy atom. The third-order valence-electron chi connectivity index (χ3n) is 6.03. The predicted octanol–water partition coefficient (Wildman–Crippen LogP) is 5.08. The molecule has 150 valence electrons. The van der Waals surface area contributed by atoms with Gasteiger partial charge in [0.25, 0.3) is 0 Å². The highest BCUT2D eigenvalue weighted by atomic mass is 14.9. The highest BCUT2D eigenvalue weighted by Gasteiger charge is 2.67. The van der Waals surface area contributed by atoms with E-state index in [2.05, 4.69) is 24.3 Å². The predicted molar refractivity (Wildman–Crippen MR) is 119 cm³/mol. The maximum Gasteiger partial charge on any atom is 0.202 e. The number of aliphatic imine (C=N–C) groups is 1. The molecular weight excluding hydrogens is 394 g/mol. The second kappa shape index (κ2) is 8.20. The van der Waals surface area contributed by atoms with Crippen LogP contribution in [-0.4, -0.2) is 5.71 Å². The van der Waals surface area contributed by atoms with Gasteiger partial charge in [-0.15, -0.1) is 0 Å². The van der Waals surface area contributed by atoms with Gasteiger partial charge in [0.1, 0.15) is 6.04 Å². The first kappa shape index (κ1) is 20.6. The topological polar surface area (TPSA) is 108 Å². The molecule has 4 rings (SSSR count). The van der Waals surface area contributed by atoms with E-state index in [1.165, 1.54) is 0 Å². The van der Waals surface area contributed by atoms with Crippen molar-refractivity contribution in [3.63, 3.8) is 0 Å². The summed E-state index contributed by atoms with van der Waals surface area (Å²) in [6.45, 7) is 0. The van der Waals surface area contributed by atoms with Crippen molar-refractivity contribution in [2.45, 2.75) is 12.0 Å². The van der Waals surface area contributed by atoms with Gasteiger partial charge in [-0.2, -0.15) is 21.0 Å². The first-order valence-corrected chi connectivity index (χ1v) is 10.1. The highest BCUT2D eigenvalue weighted by molar-refractivity contribution is 6.07. The van der Waals surface area contributed by atoms with Crippen molar-refractivity contribution in [3.05, 3.63) is 108 Å². The van der Waals surface area contributed by atoms with E-state index >= 15 is 0 Å². The first-order chi connectivity index (χ1) is 15.7. The minimum atomic E-state index is -2.02. The number of nitriles is 4. The smallest absolute Gasteiger partial charge is 0.202 e. The number of hydrogen-bond acceptors (Lipinski definition) is 5. The Balaban J connectivity index is 2.16. The molecule has 0 aromatic heterocycles. The summed E-state index contributed by atoms with van der Waals surface area (Å²) in [5, 5.41) is 41.6. The molecule has 0 saturated heterocycles. The molecular formula is C27H17N5. The molecule has 0 unspecified atom stereocenters. The molecule has 32 heavy (non-hydrogen) atoms. The van der Waals surface area contributed by atoms with Gasteiger partial charge in [-0.3, -0.25) is 4.99 Å². The molecule has 0 aliphatic carbocycles. The van der Waals surface area contributed by atoms with E-state index in [-0.39, 0.29) is 0 Å². The summed E-state index contributed by atoms with van der Waals surface area (Å²) in [6.07, 6.45) is 0. The minimum absolute atomic E-state index is 0.509. The van der Waals surface area contributed by atoms with Crippen LogP contribution in [0, 0.1) is 56.2 Å². The van der Waals surface area contributed by atoms with Crippen LogP contribution in [0.25, 0.3) is 0 Å². The van der Waals surface area contributed by atoms with Gasteiger partial charge in [-0.25, -0.2) is 0 Å². The van der Waals surface area contributed by atoms with Crippen LogP contribution in [0.15, 0.2) is 96.0 Å². The van der Waals surface area contributed by atoms with Crippen molar-refractivity contribution in [1.82, 2.24) is 0 Å². The van der Waals surface area contributed by atoms with E-state index in [1.807, 2.05) is 42.5 Å². The van der Waals surface area contributed by atoms with E-state index in [4.69, 9.17) is 4.99 Å². The minimum Gasteiger partial charge on any atom is -0.277 e. The summed E-state index contributed by atoms with van der Waals surface area (Å²) in [5.41, 5.74) is -1.51. The first-order valence-electron chi connectivity index (χ1n) is 10.1. The summed E-state index contributed by atoms with van der Waals surface area (Å²) in [4.78, 5) is 4.94. The fraction of sp³-hybridized carbons (Fsp3) is 0.148. The summed E-state index contributed by atoms with van der Waals surface area (Å²) in [6, 6.07) is 34.7. The zero-order valence-electron chi connectivity index (χ0n) is 17.1. The third kappa shape index (κ3) is 2.86. The molecule has 1 aliphatic heterocycles. The van der Waals surface area contributed by atoms with Gasteiger partial charge in [0.15, 0.2) is 5.41 Å². The van der Waals surface area contributed by atoms with Crippen molar-refractivity contribution in [2.24, 2.45) is 15.8 Å². The normalized spacial score (nSPS) is 20.4. The van der Waals surface area contributed by atoms with Crippen molar-refractivity contribution in [2.75, 3.05) is 0 Å². The van der Waals surface area contributed by atoms with E-state index in [1.54, 1.807) is 48.5 Å². The molecule has 2 atom stereocenters. The molecule has 0 saturated carbocycles. The van der Waals surface area contributed by atoms with Gasteiger partial charge in [0.2, 0.25) is 5.41 Å². The molecule has 3 aromatic rings. The fourth-order valence-corrected chi connectivity index (χ4v) is 4.48. The lowest BCUT2D eigenvalue weighted by molar-refractivity contribution is 0.218. The van der Waals surface area contributed by atoms with Gasteiger partial charge >= 0.3 is 0 Å². The lowest BCUT2D eigenvalue weighted by Crippen LogP contribution is -2.52. The molecule has 1 heterocycles. The number of nitrogens with zero attached hydrogens (tertiary/aromatic N) is 5. The van der Waals surface area contributed by atoms with E-state index in [9.17, 15) is 21.0 Å². The summed E-state index contributed by atoms with van der Waals surface area (Å²) in [5.74, 6) is -0.889. The molecule has 0 spiro atoms. The van der Waals surface area contributed by atoms with E-state index in [0.29, 0.717) is 16.8 Å². The highest BCUT2D eigenvalue weighted by Crippen LogP contribution is 2.60. The van der Waals surface area contributed by atoms with Gasteiger partial charge in [-0.05, 0) is 16.7 Å². The SMILES string of the molecule is N#CC1(C#N)[C@@H](c2ccccc2)N=C(c2ccccc2)[C@@H](c2ccccc2)C1(C#N)C#N. The quantitative estimate of drug-likeness (QED) is 0.598. The van der Waals surface area contributed by atoms with Crippen LogP contribution in [0.2, 0.25) is 0 Å². The van der Waals surface area contributed by atoms with Gasteiger partial charge in [0, 0.05) is 0 Å². The summed E-state index contributed by atoms with van der Waals surface area (Å²) < 4.78 is 0. The lowest BCUT2D eigenvalue weighted by Gasteiger charge is -2.45. The van der Waals surface area contributed by atoms with E-state index in [0.717, 1.165) is 5.56 Å².